The molecule has 0 aromatic heterocycles. The Balaban J connectivity index is 3.41. The van der Waals surface area contributed by atoms with Gasteiger partial charge in [-0.3, -0.25) is 15.0 Å². The number of nitro benzene ring substituents is 1. The molecule has 0 atom stereocenters. The summed E-state index contributed by atoms with van der Waals surface area (Å²) in [5.74, 6) is -0.821. The van der Waals surface area contributed by atoms with Crippen molar-refractivity contribution in [1.82, 2.24) is 0 Å². The number of rotatable bonds is 2. The minimum atomic E-state index is -1.37. The molecular weight excluding hydrogens is 243 g/mol. The summed E-state index contributed by atoms with van der Waals surface area (Å²) in [5, 5.41) is 19.7. The highest BCUT2D eigenvalue weighted by Crippen LogP contribution is 2.30. The molecule has 1 N–H and O–H groups in total. The summed E-state index contributed by atoms with van der Waals surface area (Å²) in [4.78, 5) is 21.8. The van der Waals surface area contributed by atoms with E-state index in [1.165, 1.54) is 0 Å². The van der Waals surface area contributed by atoms with Crippen molar-refractivity contribution in [2.24, 2.45) is 0 Å². The molecule has 0 saturated carbocycles. The second kappa shape index (κ2) is 4.59. The Kier molecular flexibility index (Phi) is 3.54. The summed E-state index contributed by atoms with van der Waals surface area (Å²) in [7, 11) is 0. The largest absolute Gasteiger partial charge is 0.465 e. The lowest BCUT2D eigenvalue weighted by molar-refractivity contribution is -0.384. The lowest BCUT2D eigenvalue weighted by Crippen LogP contribution is -2.45. The van der Waals surface area contributed by atoms with Crippen molar-refractivity contribution >= 4 is 17.5 Å². The molecule has 0 aliphatic carbocycles. The van der Waals surface area contributed by atoms with Gasteiger partial charge in [0.15, 0.2) is 0 Å². The maximum Gasteiger partial charge on any atom is 0.412 e. The van der Waals surface area contributed by atoms with Gasteiger partial charge in [-0.25, -0.2) is 9.18 Å². The number of halogens is 1. The Hall–Kier alpha value is -2.18. The quantitative estimate of drug-likeness (QED) is 0.651. The van der Waals surface area contributed by atoms with E-state index in [0.29, 0.717) is 0 Å². The molecule has 0 saturated heterocycles. The fraction of sp³-hybridized carbons (Fsp3) is 0.364. The van der Waals surface area contributed by atoms with Crippen LogP contribution in [-0.2, 0) is 0 Å². The van der Waals surface area contributed by atoms with Crippen LogP contribution in [0.1, 0.15) is 20.8 Å². The molecule has 6 nitrogen and oxygen atoms in total. The zero-order valence-corrected chi connectivity index (χ0v) is 10.2. The molecule has 1 aromatic rings. The molecule has 0 aliphatic heterocycles. The van der Waals surface area contributed by atoms with Crippen LogP contribution in [0.4, 0.5) is 20.6 Å². The molecule has 7 heteroatoms. The number of nitro groups is 1. The van der Waals surface area contributed by atoms with Gasteiger partial charge in [0.1, 0.15) is 5.82 Å². The smallest absolute Gasteiger partial charge is 0.412 e. The number of amides is 1. The standard InChI is InChI=1S/C11H13FN2O4/c1-11(2,3)13(10(15)16)9-6-7(14(17)18)4-5-8(9)12/h4-6H,1-3H3,(H,15,16). The van der Waals surface area contributed by atoms with Crippen molar-refractivity contribution in [2.45, 2.75) is 26.3 Å². The Morgan fingerprint density at radius 1 is 1.44 bits per heavy atom. The Morgan fingerprint density at radius 2 is 2.00 bits per heavy atom. The van der Waals surface area contributed by atoms with Gasteiger partial charge in [0, 0.05) is 17.7 Å². The summed E-state index contributed by atoms with van der Waals surface area (Å²) < 4.78 is 13.6. The molecule has 98 valence electrons. The maximum atomic E-state index is 13.6. The van der Waals surface area contributed by atoms with Gasteiger partial charge in [-0.15, -0.1) is 0 Å². The van der Waals surface area contributed by atoms with Gasteiger partial charge >= 0.3 is 6.09 Å². The predicted octanol–water partition coefficient (Wildman–Crippen LogP) is 3.02. The van der Waals surface area contributed by atoms with E-state index >= 15 is 0 Å². The minimum Gasteiger partial charge on any atom is -0.465 e. The summed E-state index contributed by atoms with van der Waals surface area (Å²) in [6.07, 6.45) is -1.37. The van der Waals surface area contributed by atoms with E-state index < -0.39 is 22.4 Å². The van der Waals surface area contributed by atoms with Gasteiger partial charge in [-0.2, -0.15) is 0 Å². The molecule has 0 aliphatic rings. The van der Waals surface area contributed by atoms with Crippen LogP contribution in [0.2, 0.25) is 0 Å². The number of nitrogens with zero attached hydrogens (tertiary/aromatic N) is 2. The minimum absolute atomic E-state index is 0.329. The third kappa shape index (κ3) is 2.73. The molecule has 0 fully saturated rings. The number of anilines is 1. The second-order valence-electron chi connectivity index (χ2n) is 4.68. The first-order chi connectivity index (χ1) is 8.14. The lowest BCUT2D eigenvalue weighted by atomic mass is 10.1. The number of benzene rings is 1. The first kappa shape index (κ1) is 13.9. The van der Waals surface area contributed by atoms with Crippen molar-refractivity contribution in [3.8, 4) is 0 Å². The average Bonchev–Trinajstić information content (AvgIpc) is 2.18. The number of carbonyl (C=O) groups is 1. The lowest BCUT2D eigenvalue weighted by Gasteiger charge is -2.33. The first-order valence-corrected chi connectivity index (χ1v) is 5.11. The molecule has 1 aromatic carbocycles. The summed E-state index contributed by atoms with van der Waals surface area (Å²) in [6.45, 7) is 4.71. The van der Waals surface area contributed by atoms with Crippen LogP contribution in [-0.4, -0.2) is 21.7 Å². The average molecular weight is 256 g/mol. The van der Waals surface area contributed by atoms with Crippen molar-refractivity contribution in [3.05, 3.63) is 34.1 Å². The van der Waals surface area contributed by atoms with Crippen molar-refractivity contribution in [2.75, 3.05) is 4.90 Å². The van der Waals surface area contributed by atoms with Crippen molar-refractivity contribution in [1.29, 1.82) is 0 Å². The predicted molar refractivity (Wildman–Crippen MR) is 63.3 cm³/mol. The molecule has 1 rings (SSSR count). The Bertz CT molecular complexity index is 496. The SMILES string of the molecule is CC(C)(C)N(C(=O)O)c1cc([N+](=O)[O-])ccc1F. The fourth-order valence-electron chi connectivity index (χ4n) is 1.54. The van der Waals surface area contributed by atoms with Gasteiger partial charge in [-0.1, -0.05) is 0 Å². The van der Waals surface area contributed by atoms with Crippen LogP contribution in [0.15, 0.2) is 18.2 Å². The van der Waals surface area contributed by atoms with Gasteiger partial charge in [0.2, 0.25) is 0 Å². The molecule has 0 unspecified atom stereocenters. The van der Waals surface area contributed by atoms with Crippen LogP contribution in [0.3, 0.4) is 0 Å². The van der Waals surface area contributed by atoms with Crippen LogP contribution < -0.4 is 4.90 Å². The number of hydrogen-bond donors (Lipinski definition) is 1. The van der Waals surface area contributed by atoms with E-state index in [2.05, 4.69) is 0 Å². The molecule has 0 spiro atoms. The van der Waals surface area contributed by atoms with E-state index in [1.54, 1.807) is 20.8 Å². The zero-order chi connectivity index (χ0) is 14.1. The highest BCUT2D eigenvalue weighted by molar-refractivity contribution is 5.88. The third-order valence-corrected chi connectivity index (χ3v) is 2.24. The van der Waals surface area contributed by atoms with Gasteiger partial charge in [0.25, 0.3) is 5.69 Å². The highest BCUT2D eigenvalue weighted by Gasteiger charge is 2.31. The maximum absolute atomic E-state index is 13.6. The van der Waals surface area contributed by atoms with E-state index in [0.717, 1.165) is 23.1 Å². The third-order valence-electron chi connectivity index (χ3n) is 2.24. The summed E-state index contributed by atoms with van der Waals surface area (Å²) >= 11 is 0. The summed E-state index contributed by atoms with van der Waals surface area (Å²) in [6, 6.07) is 2.78. The van der Waals surface area contributed by atoms with Crippen molar-refractivity contribution in [3.63, 3.8) is 0 Å². The van der Waals surface area contributed by atoms with Crippen molar-refractivity contribution < 1.29 is 19.2 Å². The van der Waals surface area contributed by atoms with Gasteiger partial charge in [-0.05, 0) is 26.8 Å². The normalized spacial score (nSPS) is 11.1. The molecule has 1 amide bonds. The zero-order valence-electron chi connectivity index (χ0n) is 10.2. The van der Waals surface area contributed by atoms with Crippen LogP contribution >= 0.6 is 0 Å². The molecule has 0 bridgehead atoms. The van der Waals surface area contributed by atoms with Crippen LogP contribution in [0.25, 0.3) is 0 Å². The van der Waals surface area contributed by atoms with E-state index in [9.17, 15) is 19.3 Å². The van der Waals surface area contributed by atoms with Crippen LogP contribution in [0.5, 0.6) is 0 Å². The number of non-ortho nitro benzene ring substituents is 1. The van der Waals surface area contributed by atoms with E-state index in [4.69, 9.17) is 5.11 Å². The van der Waals surface area contributed by atoms with Gasteiger partial charge < -0.3 is 5.11 Å². The first-order valence-electron chi connectivity index (χ1n) is 5.11. The monoisotopic (exact) mass is 256 g/mol. The topological polar surface area (TPSA) is 83.7 Å². The molecular formula is C11H13FN2O4. The highest BCUT2D eigenvalue weighted by atomic mass is 19.1. The van der Waals surface area contributed by atoms with E-state index in [-0.39, 0.29) is 11.4 Å². The summed E-state index contributed by atoms with van der Waals surface area (Å²) in [5.41, 5.74) is -1.60. The Labute approximate surface area is 103 Å². The van der Waals surface area contributed by atoms with Gasteiger partial charge in [0.05, 0.1) is 10.6 Å². The fourth-order valence-corrected chi connectivity index (χ4v) is 1.54. The van der Waals surface area contributed by atoms with E-state index in [1.807, 2.05) is 0 Å². The Morgan fingerprint density at radius 3 is 2.39 bits per heavy atom. The number of hydrogen-bond acceptors (Lipinski definition) is 3. The number of carboxylic acid groups (broad SMARTS) is 1. The molecule has 0 radical (unpaired) electrons. The molecule has 18 heavy (non-hydrogen) atoms. The van der Waals surface area contributed by atoms with Crippen LogP contribution in [0, 0.1) is 15.9 Å². The second-order valence-corrected chi connectivity index (χ2v) is 4.68. The molecule has 0 heterocycles.